The Kier molecular flexibility index (Phi) is 7.38. The fourth-order valence-electron chi connectivity index (χ4n) is 5.29. The first kappa shape index (κ1) is 25.3. The molecular weight excluding hydrogens is 494 g/mol. The number of nitrogens with zero attached hydrogens (tertiary/aromatic N) is 3. The lowest BCUT2D eigenvalue weighted by atomic mass is 10.1. The van der Waals surface area contributed by atoms with E-state index in [-0.39, 0.29) is 12.7 Å². The van der Waals surface area contributed by atoms with Crippen molar-refractivity contribution in [3.8, 4) is 17.2 Å². The number of amides is 1. The number of piperazine rings is 1. The van der Waals surface area contributed by atoms with Gasteiger partial charge in [0, 0.05) is 51.8 Å². The van der Waals surface area contributed by atoms with Crippen molar-refractivity contribution < 1.29 is 23.7 Å². The second-order valence-corrected chi connectivity index (χ2v) is 9.89. The number of aromatic nitrogens is 1. The molecule has 0 aliphatic carbocycles. The quantitative estimate of drug-likeness (QED) is 0.318. The average molecular weight is 528 g/mol. The van der Waals surface area contributed by atoms with Crippen LogP contribution in [0.4, 0.5) is 0 Å². The van der Waals surface area contributed by atoms with Gasteiger partial charge in [0.05, 0.1) is 12.1 Å². The van der Waals surface area contributed by atoms with Crippen LogP contribution in [-0.2, 0) is 24.4 Å². The molecule has 0 radical (unpaired) electrons. The Balaban J connectivity index is 1.17. The zero-order chi connectivity index (χ0) is 26.6. The normalized spacial score (nSPS) is 15.2. The monoisotopic (exact) mass is 527 g/mol. The molecule has 0 N–H and O–H groups in total. The molecule has 202 valence electrons. The molecule has 0 spiro atoms. The number of ether oxygens (including phenoxy) is 4. The third kappa shape index (κ3) is 5.44. The van der Waals surface area contributed by atoms with Crippen LogP contribution in [0.2, 0.25) is 0 Å². The molecule has 4 aromatic rings. The molecule has 2 aliphatic rings. The van der Waals surface area contributed by atoms with Gasteiger partial charge in [0.1, 0.15) is 18.1 Å². The highest BCUT2D eigenvalue weighted by Crippen LogP contribution is 2.33. The predicted molar refractivity (Wildman–Crippen MR) is 148 cm³/mol. The topological polar surface area (TPSA) is 65.4 Å². The Labute approximate surface area is 228 Å². The van der Waals surface area contributed by atoms with E-state index in [9.17, 15) is 4.79 Å². The van der Waals surface area contributed by atoms with Crippen molar-refractivity contribution in [2.24, 2.45) is 0 Å². The third-order valence-corrected chi connectivity index (χ3v) is 7.38. The molecule has 0 saturated carbocycles. The fourth-order valence-corrected chi connectivity index (χ4v) is 5.29. The molecule has 3 aromatic carbocycles. The second kappa shape index (κ2) is 11.4. The van der Waals surface area contributed by atoms with Crippen LogP contribution >= 0.6 is 0 Å². The van der Waals surface area contributed by atoms with Crippen LogP contribution in [0.15, 0.2) is 72.8 Å². The highest BCUT2D eigenvalue weighted by atomic mass is 16.7. The van der Waals surface area contributed by atoms with Crippen LogP contribution in [-0.4, -0.2) is 67.0 Å². The fraction of sp³-hybridized carbons (Fsp3) is 0.323. The van der Waals surface area contributed by atoms with E-state index < -0.39 is 0 Å². The van der Waals surface area contributed by atoms with Gasteiger partial charge in [-0.1, -0.05) is 42.5 Å². The summed E-state index contributed by atoms with van der Waals surface area (Å²) in [7, 11) is 1.68. The Morgan fingerprint density at radius 1 is 0.872 bits per heavy atom. The zero-order valence-electron chi connectivity index (χ0n) is 22.2. The largest absolute Gasteiger partial charge is 0.488 e. The van der Waals surface area contributed by atoms with Gasteiger partial charge in [-0.25, -0.2) is 0 Å². The van der Waals surface area contributed by atoms with Gasteiger partial charge in [0.2, 0.25) is 6.79 Å². The van der Waals surface area contributed by atoms with Gasteiger partial charge in [-0.15, -0.1) is 0 Å². The maximum atomic E-state index is 13.8. The van der Waals surface area contributed by atoms with E-state index in [0.29, 0.717) is 38.5 Å². The molecule has 0 atom stereocenters. The summed E-state index contributed by atoms with van der Waals surface area (Å²) in [4.78, 5) is 18.1. The van der Waals surface area contributed by atoms with Crippen LogP contribution in [0.1, 0.15) is 21.6 Å². The van der Waals surface area contributed by atoms with E-state index in [1.807, 2.05) is 71.6 Å². The first-order valence-electron chi connectivity index (χ1n) is 13.4. The summed E-state index contributed by atoms with van der Waals surface area (Å²) in [5.74, 6) is 2.41. The molecule has 1 fully saturated rings. The van der Waals surface area contributed by atoms with Gasteiger partial charge < -0.3 is 28.4 Å². The van der Waals surface area contributed by atoms with Gasteiger partial charge >= 0.3 is 0 Å². The molecule has 0 unspecified atom stereocenters. The van der Waals surface area contributed by atoms with Gasteiger partial charge in [0.25, 0.3) is 5.91 Å². The van der Waals surface area contributed by atoms with Gasteiger partial charge in [-0.2, -0.15) is 0 Å². The number of carbonyl (C=O) groups excluding carboxylic acids is 1. The van der Waals surface area contributed by atoms with Crippen molar-refractivity contribution in [1.82, 2.24) is 14.4 Å². The van der Waals surface area contributed by atoms with Crippen LogP contribution in [0.3, 0.4) is 0 Å². The van der Waals surface area contributed by atoms with Crippen molar-refractivity contribution in [3.63, 3.8) is 0 Å². The van der Waals surface area contributed by atoms with E-state index in [4.69, 9.17) is 18.9 Å². The average Bonchev–Trinajstić information content (AvgIpc) is 3.60. The van der Waals surface area contributed by atoms with Gasteiger partial charge in [0.15, 0.2) is 11.5 Å². The maximum Gasteiger partial charge on any atom is 0.270 e. The molecule has 8 nitrogen and oxygen atoms in total. The molecule has 6 rings (SSSR count). The molecule has 2 aliphatic heterocycles. The smallest absolute Gasteiger partial charge is 0.270 e. The van der Waals surface area contributed by atoms with E-state index in [1.54, 1.807) is 7.11 Å². The molecule has 1 saturated heterocycles. The summed E-state index contributed by atoms with van der Waals surface area (Å²) in [5.41, 5.74) is 3.93. The van der Waals surface area contributed by atoms with Crippen molar-refractivity contribution in [2.75, 3.05) is 46.7 Å². The Morgan fingerprint density at radius 3 is 2.51 bits per heavy atom. The molecular formula is C31H33N3O5. The number of hydrogen-bond donors (Lipinski definition) is 0. The number of benzene rings is 3. The zero-order valence-corrected chi connectivity index (χ0v) is 22.2. The van der Waals surface area contributed by atoms with Crippen LogP contribution in [0.25, 0.3) is 10.9 Å². The van der Waals surface area contributed by atoms with Crippen molar-refractivity contribution in [2.45, 2.75) is 19.7 Å². The number of rotatable bonds is 9. The van der Waals surface area contributed by atoms with Crippen LogP contribution < -0.4 is 14.2 Å². The maximum absolute atomic E-state index is 13.8. The molecule has 8 heteroatoms. The SMILES string of the molecule is COCCn1c(C(=O)N2CCN(Cc3ccc4c(c3)OCO4)CC2)cc2c(OCc3ccccc3)cccc21. The van der Waals surface area contributed by atoms with Gasteiger partial charge in [-0.3, -0.25) is 9.69 Å². The molecule has 1 aromatic heterocycles. The number of fused-ring (bicyclic) bond motifs is 2. The first-order valence-corrected chi connectivity index (χ1v) is 13.4. The minimum Gasteiger partial charge on any atom is -0.488 e. The molecule has 39 heavy (non-hydrogen) atoms. The lowest BCUT2D eigenvalue weighted by molar-refractivity contribution is 0.0616. The lowest BCUT2D eigenvalue weighted by Gasteiger charge is -2.35. The highest BCUT2D eigenvalue weighted by molar-refractivity contribution is 6.00. The van der Waals surface area contributed by atoms with Crippen LogP contribution in [0.5, 0.6) is 17.2 Å². The van der Waals surface area contributed by atoms with Crippen LogP contribution in [0, 0.1) is 0 Å². The van der Waals surface area contributed by atoms with Crippen molar-refractivity contribution in [3.05, 3.63) is 89.6 Å². The number of methoxy groups -OCH3 is 1. The minimum absolute atomic E-state index is 0.0408. The minimum atomic E-state index is 0.0408. The number of hydrogen-bond acceptors (Lipinski definition) is 6. The summed E-state index contributed by atoms with van der Waals surface area (Å²) in [6.07, 6.45) is 0. The second-order valence-electron chi connectivity index (χ2n) is 9.89. The van der Waals surface area contributed by atoms with Crippen molar-refractivity contribution >= 4 is 16.8 Å². The van der Waals surface area contributed by atoms with Gasteiger partial charge in [-0.05, 0) is 41.5 Å². The summed E-state index contributed by atoms with van der Waals surface area (Å²) >= 11 is 0. The Bertz CT molecular complexity index is 1440. The molecule has 0 bridgehead atoms. The predicted octanol–water partition coefficient (Wildman–Crippen LogP) is 4.55. The van der Waals surface area contributed by atoms with E-state index in [2.05, 4.69) is 15.5 Å². The summed E-state index contributed by atoms with van der Waals surface area (Å²) in [5, 5.41) is 0.939. The molecule has 3 heterocycles. The lowest BCUT2D eigenvalue weighted by Crippen LogP contribution is -2.48. The number of carbonyl (C=O) groups is 1. The summed E-state index contributed by atoms with van der Waals surface area (Å²) in [6.45, 7) is 5.64. The summed E-state index contributed by atoms with van der Waals surface area (Å²) < 4.78 is 24.6. The molecule has 1 amide bonds. The standard InChI is InChI=1S/C31H33N3O5/c1-36-17-16-34-26-8-5-9-28(37-21-23-6-3-2-4-7-23)25(26)19-27(34)31(35)33-14-12-32(13-15-33)20-24-10-11-29-30(18-24)39-22-38-29/h2-11,18-19H,12-17,20-22H2,1H3. The Morgan fingerprint density at radius 2 is 1.69 bits per heavy atom. The van der Waals surface area contributed by atoms with E-state index in [0.717, 1.165) is 53.3 Å². The van der Waals surface area contributed by atoms with Crippen molar-refractivity contribution in [1.29, 1.82) is 0 Å². The summed E-state index contributed by atoms with van der Waals surface area (Å²) in [6, 6.07) is 24.2. The first-order chi connectivity index (χ1) is 19.2. The third-order valence-electron chi connectivity index (χ3n) is 7.38. The highest BCUT2D eigenvalue weighted by Gasteiger charge is 2.26. The Hall–Kier alpha value is -4.01. The van der Waals surface area contributed by atoms with E-state index in [1.165, 1.54) is 5.56 Å². The van der Waals surface area contributed by atoms with E-state index >= 15 is 0 Å².